The summed E-state index contributed by atoms with van der Waals surface area (Å²) in [6.07, 6.45) is 0. The second-order valence-corrected chi connectivity index (χ2v) is 3.39. The Morgan fingerprint density at radius 2 is 2.38 bits per heavy atom. The fourth-order valence-corrected chi connectivity index (χ4v) is 1.46. The van der Waals surface area contributed by atoms with E-state index < -0.39 is 0 Å². The molecule has 0 bridgehead atoms. The molecule has 0 saturated carbocycles. The molecule has 0 radical (unpaired) electrons. The lowest BCUT2D eigenvalue weighted by atomic mass is 10.6. The van der Waals surface area contributed by atoms with E-state index in [4.69, 9.17) is 5.11 Å². The second kappa shape index (κ2) is 3.67. The first-order valence-corrected chi connectivity index (χ1v) is 4.68. The van der Waals surface area contributed by atoms with Gasteiger partial charge in [0.05, 0.1) is 6.61 Å². The first-order valence-electron chi connectivity index (χ1n) is 3.69. The predicted molar refractivity (Wildman–Crippen MR) is 46.4 cm³/mol. The molecule has 0 atom stereocenters. The summed E-state index contributed by atoms with van der Waals surface area (Å²) in [6.45, 7) is 0.139. The van der Waals surface area contributed by atoms with Crippen LogP contribution in [0, 0.1) is 0 Å². The summed E-state index contributed by atoms with van der Waals surface area (Å²) in [5.41, 5.74) is 0.619. The Bertz CT molecular complexity index is 403. The molecule has 6 nitrogen and oxygen atoms in total. The molecule has 0 aromatic carbocycles. The molecule has 0 aliphatic heterocycles. The van der Waals surface area contributed by atoms with Crippen molar-refractivity contribution in [2.45, 2.75) is 5.03 Å². The number of fused-ring (bicyclic) bond motifs is 1. The van der Waals surface area contributed by atoms with Crippen LogP contribution >= 0.6 is 11.8 Å². The van der Waals surface area contributed by atoms with Crippen LogP contribution in [-0.4, -0.2) is 42.7 Å². The van der Waals surface area contributed by atoms with Gasteiger partial charge in [0, 0.05) is 5.75 Å². The molecule has 2 aromatic heterocycles. The van der Waals surface area contributed by atoms with Gasteiger partial charge in [-0.3, -0.25) is 0 Å². The van der Waals surface area contributed by atoms with Crippen LogP contribution < -0.4 is 0 Å². The largest absolute Gasteiger partial charge is 0.396 e. The van der Waals surface area contributed by atoms with Crippen molar-refractivity contribution >= 4 is 17.4 Å². The lowest BCUT2D eigenvalue weighted by Gasteiger charge is -1.96. The highest BCUT2D eigenvalue weighted by molar-refractivity contribution is 7.99. The number of hydrogen-bond donors (Lipinski definition) is 1. The highest BCUT2D eigenvalue weighted by atomic mass is 32.2. The Morgan fingerprint density at radius 3 is 3.23 bits per heavy atom. The maximum Gasteiger partial charge on any atom is 0.200 e. The molecule has 13 heavy (non-hydrogen) atoms. The van der Waals surface area contributed by atoms with Crippen molar-refractivity contribution in [1.82, 2.24) is 25.3 Å². The molecule has 2 rings (SSSR count). The van der Waals surface area contributed by atoms with Gasteiger partial charge in [-0.05, 0) is 22.6 Å². The standard InChI is InChI=1S/C6H7N5OS/c12-3-4-13-6-2-1-5-7-9-10-11(5)8-6/h1-2,12H,3-4H2. The number of aliphatic hydroxyl groups excluding tert-OH is 1. The minimum absolute atomic E-state index is 0.139. The van der Waals surface area contributed by atoms with E-state index in [-0.39, 0.29) is 6.61 Å². The highest BCUT2D eigenvalue weighted by Gasteiger charge is 2.00. The first-order chi connectivity index (χ1) is 6.40. The summed E-state index contributed by atoms with van der Waals surface area (Å²) in [7, 11) is 0. The molecule has 0 spiro atoms. The van der Waals surface area contributed by atoms with Crippen molar-refractivity contribution < 1.29 is 5.11 Å². The zero-order valence-electron chi connectivity index (χ0n) is 6.66. The Labute approximate surface area is 77.9 Å². The normalized spacial score (nSPS) is 10.8. The van der Waals surface area contributed by atoms with Crippen LogP contribution in [0.1, 0.15) is 0 Å². The van der Waals surface area contributed by atoms with Gasteiger partial charge in [-0.25, -0.2) is 0 Å². The highest BCUT2D eigenvalue weighted by Crippen LogP contribution is 2.13. The molecule has 2 aromatic rings. The van der Waals surface area contributed by atoms with Gasteiger partial charge in [0.1, 0.15) is 5.03 Å². The zero-order valence-corrected chi connectivity index (χ0v) is 7.48. The molecule has 2 heterocycles. The number of nitrogens with zero attached hydrogens (tertiary/aromatic N) is 5. The maximum atomic E-state index is 8.61. The third kappa shape index (κ3) is 1.76. The van der Waals surface area contributed by atoms with Crippen LogP contribution in [0.25, 0.3) is 5.65 Å². The van der Waals surface area contributed by atoms with E-state index in [2.05, 4.69) is 20.6 Å². The van der Waals surface area contributed by atoms with Gasteiger partial charge in [-0.2, -0.15) is 0 Å². The van der Waals surface area contributed by atoms with Gasteiger partial charge >= 0.3 is 0 Å². The van der Waals surface area contributed by atoms with E-state index in [0.717, 1.165) is 5.03 Å². The van der Waals surface area contributed by atoms with Gasteiger partial charge < -0.3 is 5.11 Å². The summed E-state index contributed by atoms with van der Waals surface area (Å²) in [5, 5.41) is 24.4. The van der Waals surface area contributed by atoms with Crippen LogP contribution in [-0.2, 0) is 0 Å². The average Bonchev–Trinajstić information content (AvgIpc) is 2.61. The molecule has 68 valence electrons. The lowest BCUT2D eigenvalue weighted by molar-refractivity contribution is 0.322. The molecule has 0 saturated heterocycles. The number of thioether (sulfide) groups is 1. The van der Waals surface area contributed by atoms with Crippen LogP contribution in [0.4, 0.5) is 0 Å². The molecule has 0 amide bonds. The predicted octanol–water partition coefficient (Wildman–Crippen LogP) is -0.396. The van der Waals surface area contributed by atoms with Gasteiger partial charge in [-0.1, -0.05) is 0 Å². The fourth-order valence-electron chi connectivity index (χ4n) is 0.860. The van der Waals surface area contributed by atoms with E-state index in [0.29, 0.717) is 11.4 Å². The number of hydrogen-bond acceptors (Lipinski definition) is 6. The Morgan fingerprint density at radius 1 is 1.46 bits per heavy atom. The van der Waals surface area contributed by atoms with Crippen molar-refractivity contribution in [2.75, 3.05) is 12.4 Å². The van der Waals surface area contributed by atoms with Crippen molar-refractivity contribution in [2.24, 2.45) is 0 Å². The van der Waals surface area contributed by atoms with Crippen LogP contribution in [0.3, 0.4) is 0 Å². The van der Waals surface area contributed by atoms with Crippen molar-refractivity contribution in [1.29, 1.82) is 0 Å². The third-order valence-electron chi connectivity index (χ3n) is 1.39. The van der Waals surface area contributed by atoms with E-state index in [9.17, 15) is 0 Å². The average molecular weight is 197 g/mol. The van der Waals surface area contributed by atoms with Crippen molar-refractivity contribution in [3.63, 3.8) is 0 Å². The van der Waals surface area contributed by atoms with Crippen LogP contribution in [0.15, 0.2) is 17.2 Å². The lowest BCUT2D eigenvalue weighted by Crippen LogP contribution is -1.96. The Hall–Kier alpha value is -1.21. The monoisotopic (exact) mass is 197 g/mol. The van der Waals surface area contributed by atoms with Gasteiger partial charge in [0.15, 0.2) is 5.65 Å². The summed E-state index contributed by atoms with van der Waals surface area (Å²) in [5.74, 6) is 0.626. The quantitative estimate of drug-likeness (QED) is 0.675. The van der Waals surface area contributed by atoms with E-state index in [1.54, 1.807) is 6.07 Å². The first kappa shape index (κ1) is 8.39. The van der Waals surface area contributed by atoms with Crippen LogP contribution in [0.2, 0.25) is 0 Å². The topological polar surface area (TPSA) is 76.2 Å². The van der Waals surface area contributed by atoms with Crippen molar-refractivity contribution in [3.8, 4) is 0 Å². The SMILES string of the molecule is OCCSc1ccc2nnnn2n1. The van der Waals surface area contributed by atoms with Gasteiger partial charge in [0.25, 0.3) is 0 Å². The molecular formula is C6H7N5OS. The summed E-state index contributed by atoms with van der Waals surface area (Å²) >= 11 is 1.46. The molecule has 0 aliphatic carbocycles. The van der Waals surface area contributed by atoms with Crippen molar-refractivity contribution in [3.05, 3.63) is 12.1 Å². The van der Waals surface area contributed by atoms with Gasteiger partial charge in [0.2, 0.25) is 0 Å². The number of tetrazole rings is 1. The van der Waals surface area contributed by atoms with E-state index in [1.165, 1.54) is 16.4 Å². The zero-order chi connectivity index (χ0) is 9.10. The minimum Gasteiger partial charge on any atom is -0.396 e. The summed E-state index contributed by atoms with van der Waals surface area (Å²) in [4.78, 5) is 0. The number of aromatic nitrogens is 5. The number of aliphatic hydroxyl groups is 1. The van der Waals surface area contributed by atoms with Crippen LogP contribution in [0.5, 0.6) is 0 Å². The second-order valence-electron chi connectivity index (χ2n) is 2.27. The third-order valence-corrected chi connectivity index (χ3v) is 2.29. The Balaban J connectivity index is 2.26. The minimum atomic E-state index is 0.139. The molecule has 0 aliphatic rings. The van der Waals surface area contributed by atoms with E-state index in [1.807, 2.05) is 6.07 Å². The molecule has 0 unspecified atom stereocenters. The smallest absolute Gasteiger partial charge is 0.200 e. The Kier molecular flexibility index (Phi) is 2.37. The molecule has 0 fully saturated rings. The number of rotatable bonds is 3. The summed E-state index contributed by atoms with van der Waals surface area (Å²) < 4.78 is 1.36. The molecular weight excluding hydrogens is 190 g/mol. The molecule has 7 heteroatoms. The van der Waals surface area contributed by atoms with Gasteiger partial charge in [-0.15, -0.1) is 26.6 Å². The molecule has 1 N–H and O–H groups in total. The maximum absolute atomic E-state index is 8.61. The summed E-state index contributed by atoms with van der Waals surface area (Å²) in [6, 6.07) is 3.61. The fraction of sp³-hybridized carbons (Fsp3) is 0.333. The van der Waals surface area contributed by atoms with E-state index >= 15 is 0 Å².